The lowest BCUT2D eigenvalue weighted by molar-refractivity contribution is -0.148. The van der Waals surface area contributed by atoms with Crippen LogP contribution in [0.1, 0.15) is 24.5 Å². The number of hydrogen-bond donors (Lipinski definition) is 2. The summed E-state index contributed by atoms with van der Waals surface area (Å²) in [5, 5.41) is 5.18. The highest BCUT2D eigenvalue weighted by Gasteiger charge is 2.32. The van der Waals surface area contributed by atoms with E-state index in [1.165, 1.54) is 14.2 Å². The van der Waals surface area contributed by atoms with Crippen molar-refractivity contribution < 1.29 is 33.4 Å². The Morgan fingerprint density at radius 3 is 1.97 bits per heavy atom. The number of esters is 2. The van der Waals surface area contributed by atoms with E-state index >= 15 is 0 Å². The number of rotatable bonds is 11. The van der Waals surface area contributed by atoms with Gasteiger partial charge in [-0.15, -0.1) is 0 Å². The molecule has 0 fully saturated rings. The van der Waals surface area contributed by atoms with Gasteiger partial charge in [-0.2, -0.15) is 0 Å². The van der Waals surface area contributed by atoms with Gasteiger partial charge in [0.15, 0.2) is 0 Å². The Balaban J connectivity index is 2.13. The lowest BCUT2D eigenvalue weighted by Gasteiger charge is -2.25. The van der Waals surface area contributed by atoms with Crippen LogP contribution < -0.4 is 10.6 Å². The number of hydrogen-bond acceptors (Lipinski definition) is 7. The fraction of sp³-hybridized carbons (Fsp3) is 0.360. The molecule has 0 aromatic heterocycles. The maximum Gasteiger partial charge on any atom is 0.408 e. The van der Waals surface area contributed by atoms with Gasteiger partial charge in [0.1, 0.15) is 18.7 Å². The molecule has 2 rings (SSSR count). The first-order valence-electron chi connectivity index (χ1n) is 10.8. The maximum absolute atomic E-state index is 13.1. The Bertz CT molecular complexity index is 950. The van der Waals surface area contributed by atoms with E-state index in [1.807, 2.05) is 60.7 Å². The van der Waals surface area contributed by atoms with Crippen LogP contribution in [0.4, 0.5) is 4.79 Å². The van der Waals surface area contributed by atoms with Crippen molar-refractivity contribution in [3.63, 3.8) is 0 Å². The molecule has 0 aliphatic rings. The maximum atomic E-state index is 13.1. The van der Waals surface area contributed by atoms with E-state index in [0.29, 0.717) is 0 Å². The standard InChI is InChI=1S/C25H30N2O7/c1-17(14-21(28)32-2)22(24(30)33-3)27-23(29)20(15-18-10-6-4-7-11-18)26-25(31)34-16-19-12-8-5-9-13-19/h4-13,17,20,22H,14-16H2,1-3H3,(H,26,31)(H,27,29)/t17-,20-,22+/m1/s1. The van der Waals surface area contributed by atoms with Crippen molar-refractivity contribution in [3.05, 3.63) is 71.8 Å². The van der Waals surface area contributed by atoms with E-state index in [0.717, 1.165) is 11.1 Å². The van der Waals surface area contributed by atoms with E-state index < -0.39 is 41.9 Å². The molecule has 0 unspecified atom stereocenters. The molecule has 2 amide bonds. The minimum absolute atomic E-state index is 0.0350. The van der Waals surface area contributed by atoms with E-state index in [-0.39, 0.29) is 19.4 Å². The lowest BCUT2D eigenvalue weighted by Crippen LogP contribution is -2.54. The monoisotopic (exact) mass is 470 g/mol. The van der Waals surface area contributed by atoms with Crippen LogP contribution in [0.2, 0.25) is 0 Å². The minimum atomic E-state index is -1.11. The van der Waals surface area contributed by atoms with Crippen LogP contribution in [0.15, 0.2) is 60.7 Å². The second-order valence-electron chi connectivity index (χ2n) is 7.72. The van der Waals surface area contributed by atoms with Crippen molar-refractivity contribution in [2.75, 3.05) is 14.2 Å². The molecule has 0 aliphatic carbocycles. The van der Waals surface area contributed by atoms with Crippen molar-refractivity contribution in [2.45, 2.75) is 38.5 Å². The Morgan fingerprint density at radius 2 is 1.41 bits per heavy atom. The molecule has 9 heteroatoms. The van der Waals surface area contributed by atoms with Crippen molar-refractivity contribution in [1.29, 1.82) is 0 Å². The first-order chi connectivity index (χ1) is 16.3. The molecule has 0 saturated heterocycles. The molecule has 2 N–H and O–H groups in total. The van der Waals surface area contributed by atoms with E-state index in [2.05, 4.69) is 15.4 Å². The Hall–Kier alpha value is -3.88. The molecule has 0 saturated carbocycles. The minimum Gasteiger partial charge on any atom is -0.469 e. The van der Waals surface area contributed by atoms with Gasteiger partial charge in [-0.3, -0.25) is 9.59 Å². The first kappa shape index (κ1) is 26.4. The van der Waals surface area contributed by atoms with Crippen LogP contribution >= 0.6 is 0 Å². The summed E-state index contributed by atoms with van der Waals surface area (Å²) in [6.07, 6.45) is -0.726. The highest BCUT2D eigenvalue weighted by molar-refractivity contribution is 5.90. The number of amides is 2. The van der Waals surface area contributed by atoms with Crippen molar-refractivity contribution in [1.82, 2.24) is 10.6 Å². The van der Waals surface area contributed by atoms with E-state index in [9.17, 15) is 19.2 Å². The molecule has 0 heterocycles. The summed E-state index contributed by atoms with van der Waals surface area (Å²) in [6, 6.07) is 16.1. The third kappa shape index (κ3) is 8.57. The summed E-state index contributed by atoms with van der Waals surface area (Å²) in [5.74, 6) is -2.46. The summed E-state index contributed by atoms with van der Waals surface area (Å²) >= 11 is 0. The predicted octanol–water partition coefficient (Wildman–Crippen LogP) is 2.38. The number of carbonyl (C=O) groups is 4. The molecular weight excluding hydrogens is 440 g/mol. The zero-order valence-corrected chi connectivity index (χ0v) is 19.5. The summed E-state index contributed by atoms with van der Waals surface area (Å²) in [4.78, 5) is 49.6. The average Bonchev–Trinajstić information content (AvgIpc) is 2.86. The summed E-state index contributed by atoms with van der Waals surface area (Å²) < 4.78 is 14.7. The number of methoxy groups -OCH3 is 2. The van der Waals surface area contributed by atoms with Crippen LogP contribution in [0.25, 0.3) is 0 Å². The zero-order chi connectivity index (χ0) is 24.9. The van der Waals surface area contributed by atoms with E-state index in [1.54, 1.807) is 6.92 Å². The Morgan fingerprint density at radius 1 is 0.824 bits per heavy atom. The second kappa shape index (κ2) is 13.6. The molecular formula is C25H30N2O7. The van der Waals surface area contributed by atoms with Crippen molar-refractivity contribution in [2.24, 2.45) is 5.92 Å². The Labute approximate surface area is 198 Å². The number of ether oxygens (including phenoxy) is 3. The molecule has 3 atom stereocenters. The van der Waals surface area contributed by atoms with E-state index in [4.69, 9.17) is 9.47 Å². The largest absolute Gasteiger partial charge is 0.469 e. The molecule has 2 aromatic rings. The summed E-state index contributed by atoms with van der Waals surface area (Å²) in [6.45, 7) is 1.65. The Kier molecular flexibility index (Phi) is 10.6. The number of benzene rings is 2. The molecule has 0 spiro atoms. The number of carbonyl (C=O) groups excluding carboxylic acids is 4. The second-order valence-corrected chi connectivity index (χ2v) is 7.72. The van der Waals surface area contributed by atoms with Gasteiger partial charge in [0.05, 0.1) is 20.6 Å². The number of nitrogens with one attached hydrogen (secondary N) is 2. The van der Waals surface area contributed by atoms with Gasteiger partial charge in [-0.05, 0) is 17.0 Å². The third-order valence-corrected chi connectivity index (χ3v) is 5.14. The SMILES string of the molecule is COC(=O)C[C@@H](C)[C@H](NC(=O)[C@@H](Cc1ccccc1)NC(=O)OCc1ccccc1)C(=O)OC. The molecule has 182 valence electrons. The van der Waals surface area contributed by atoms with Crippen molar-refractivity contribution >= 4 is 23.9 Å². The smallest absolute Gasteiger partial charge is 0.408 e. The number of alkyl carbamates (subject to hydrolysis) is 1. The van der Waals surface area contributed by atoms with Crippen LogP contribution in [0, 0.1) is 5.92 Å². The zero-order valence-electron chi connectivity index (χ0n) is 19.5. The van der Waals surface area contributed by atoms with Crippen LogP contribution in [0.3, 0.4) is 0 Å². The van der Waals surface area contributed by atoms with Gasteiger partial charge >= 0.3 is 18.0 Å². The average molecular weight is 471 g/mol. The molecule has 9 nitrogen and oxygen atoms in total. The van der Waals surface area contributed by atoms with Gasteiger partial charge in [0, 0.05) is 6.42 Å². The van der Waals surface area contributed by atoms with Crippen molar-refractivity contribution in [3.8, 4) is 0 Å². The topological polar surface area (TPSA) is 120 Å². The summed E-state index contributed by atoms with van der Waals surface area (Å²) in [7, 11) is 2.43. The molecule has 34 heavy (non-hydrogen) atoms. The fourth-order valence-electron chi connectivity index (χ4n) is 3.24. The first-order valence-corrected chi connectivity index (χ1v) is 10.8. The molecule has 2 aromatic carbocycles. The normalized spacial score (nSPS) is 13.0. The fourth-order valence-corrected chi connectivity index (χ4v) is 3.24. The van der Waals surface area contributed by atoms with Gasteiger partial charge < -0.3 is 24.8 Å². The quantitative estimate of drug-likeness (QED) is 0.382. The van der Waals surface area contributed by atoms with Gasteiger partial charge in [-0.1, -0.05) is 67.6 Å². The van der Waals surface area contributed by atoms with Crippen LogP contribution in [-0.2, 0) is 41.6 Å². The van der Waals surface area contributed by atoms with Gasteiger partial charge in [0.25, 0.3) is 0 Å². The van der Waals surface area contributed by atoms with Crippen LogP contribution in [0.5, 0.6) is 0 Å². The predicted molar refractivity (Wildman–Crippen MR) is 123 cm³/mol. The highest BCUT2D eigenvalue weighted by Crippen LogP contribution is 2.13. The summed E-state index contributed by atoms with van der Waals surface area (Å²) in [5.41, 5.74) is 1.59. The molecule has 0 radical (unpaired) electrons. The molecule has 0 aliphatic heterocycles. The van der Waals surface area contributed by atoms with Gasteiger partial charge in [-0.25, -0.2) is 9.59 Å². The lowest BCUT2D eigenvalue weighted by atomic mass is 9.97. The van der Waals surface area contributed by atoms with Gasteiger partial charge in [0.2, 0.25) is 5.91 Å². The molecule has 0 bridgehead atoms. The highest BCUT2D eigenvalue weighted by atomic mass is 16.5. The van der Waals surface area contributed by atoms with Crippen LogP contribution in [-0.4, -0.2) is 50.2 Å². The third-order valence-electron chi connectivity index (χ3n) is 5.14.